The van der Waals surface area contributed by atoms with Crippen molar-refractivity contribution in [1.82, 2.24) is 34.6 Å². The van der Waals surface area contributed by atoms with Gasteiger partial charge in [0.05, 0.1) is 17.1 Å². The highest BCUT2D eigenvalue weighted by Gasteiger charge is 2.24. The van der Waals surface area contributed by atoms with Crippen LogP contribution in [0.2, 0.25) is 0 Å². The van der Waals surface area contributed by atoms with E-state index in [0.29, 0.717) is 46.0 Å². The Morgan fingerprint density at radius 1 is 1.24 bits per heavy atom. The topological polar surface area (TPSA) is 132 Å². The Hall–Kier alpha value is -4.61. The van der Waals surface area contributed by atoms with E-state index in [0.717, 1.165) is 36.4 Å². The summed E-state index contributed by atoms with van der Waals surface area (Å²) in [5.41, 5.74) is 8.50. The molecule has 0 unspecified atom stereocenters. The van der Waals surface area contributed by atoms with Gasteiger partial charge in [-0.1, -0.05) is 0 Å². The Morgan fingerprint density at radius 3 is 2.87 bits per heavy atom. The first-order valence-electron chi connectivity index (χ1n) is 12.2. The normalized spacial score (nSPS) is 17.1. The molecule has 4 heterocycles. The number of amides is 1. The fourth-order valence-corrected chi connectivity index (χ4v) is 4.97. The Morgan fingerprint density at radius 2 is 2.08 bits per heavy atom. The molecule has 4 N–H and O–H groups in total. The van der Waals surface area contributed by atoms with Crippen LogP contribution in [0.5, 0.6) is 0 Å². The molecular weight excluding hydrogens is 492 g/mol. The molecular formula is C26H25F2N9O. The van der Waals surface area contributed by atoms with Crippen LogP contribution in [0.3, 0.4) is 0 Å². The van der Waals surface area contributed by atoms with E-state index >= 15 is 0 Å². The number of fused-ring (bicyclic) bond motifs is 2. The average Bonchev–Trinajstić information content (AvgIpc) is 3.57. The van der Waals surface area contributed by atoms with Crippen molar-refractivity contribution in [2.24, 2.45) is 19.1 Å². The van der Waals surface area contributed by atoms with Crippen molar-refractivity contribution in [2.45, 2.75) is 31.7 Å². The molecule has 1 aliphatic carbocycles. The minimum Gasteiger partial charge on any atom is -0.383 e. The second-order valence-corrected chi connectivity index (χ2v) is 9.56. The largest absolute Gasteiger partial charge is 0.383 e. The summed E-state index contributed by atoms with van der Waals surface area (Å²) in [5, 5.41) is 8.19. The van der Waals surface area contributed by atoms with Gasteiger partial charge in [-0.2, -0.15) is 5.10 Å². The summed E-state index contributed by atoms with van der Waals surface area (Å²) in [5.74, 6) is -0.549. The van der Waals surface area contributed by atoms with Crippen molar-refractivity contribution >= 4 is 45.2 Å². The molecule has 0 aliphatic heterocycles. The molecule has 194 valence electrons. The number of nitrogens with one attached hydrogen (secondary N) is 2. The third kappa shape index (κ3) is 4.07. The fourth-order valence-electron chi connectivity index (χ4n) is 4.97. The molecule has 10 nitrogen and oxygen atoms in total. The van der Waals surface area contributed by atoms with Crippen LogP contribution < -0.4 is 11.1 Å². The third-order valence-corrected chi connectivity index (χ3v) is 6.98. The summed E-state index contributed by atoms with van der Waals surface area (Å²) in [6.07, 6.45) is 7.88. The monoisotopic (exact) mass is 517 g/mol. The number of halogens is 2. The zero-order chi connectivity index (χ0) is 26.6. The van der Waals surface area contributed by atoms with Crippen LogP contribution in [0, 0.1) is 11.6 Å². The molecule has 5 aromatic rings. The SMILES string of the molecule is Cn1ncc(C(=O)N[C@H]2CCCC(=Nc3nc(-c4c[nH]c5c(F)cc(F)cc45)nc4c3ccn4C)C2)c1N. The first kappa shape index (κ1) is 23.8. The number of hydrogen-bond donors (Lipinski definition) is 3. The van der Waals surface area contributed by atoms with E-state index in [9.17, 15) is 13.6 Å². The summed E-state index contributed by atoms with van der Waals surface area (Å²) in [4.78, 5) is 29.9. The lowest BCUT2D eigenvalue weighted by Gasteiger charge is -2.24. The molecule has 38 heavy (non-hydrogen) atoms. The van der Waals surface area contributed by atoms with Crippen molar-refractivity contribution < 1.29 is 13.6 Å². The van der Waals surface area contributed by atoms with Crippen LogP contribution in [0.1, 0.15) is 36.0 Å². The predicted octanol–water partition coefficient (Wildman–Crippen LogP) is 4.16. The van der Waals surface area contributed by atoms with Crippen molar-refractivity contribution in [3.05, 3.63) is 54.0 Å². The molecule has 0 saturated heterocycles. The van der Waals surface area contributed by atoms with Gasteiger partial charge in [0.15, 0.2) is 11.6 Å². The van der Waals surface area contributed by atoms with Crippen LogP contribution in [-0.2, 0) is 14.1 Å². The Balaban J connectivity index is 1.35. The minimum absolute atomic E-state index is 0.109. The summed E-state index contributed by atoms with van der Waals surface area (Å²) < 4.78 is 31.6. The van der Waals surface area contributed by atoms with Gasteiger partial charge in [-0.15, -0.1) is 0 Å². The summed E-state index contributed by atoms with van der Waals surface area (Å²) in [6.45, 7) is 0. The van der Waals surface area contributed by atoms with Crippen molar-refractivity contribution in [1.29, 1.82) is 0 Å². The van der Waals surface area contributed by atoms with Gasteiger partial charge in [0.25, 0.3) is 5.91 Å². The number of carbonyl (C=O) groups is 1. The van der Waals surface area contributed by atoms with E-state index in [-0.39, 0.29) is 17.5 Å². The molecule has 1 amide bonds. The van der Waals surface area contributed by atoms with Crippen molar-refractivity contribution in [2.75, 3.05) is 5.73 Å². The number of aromatic nitrogens is 6. The quantitative estimate of drug-likeness (QED) is 0.329. The molecule has 0 radical (unpaired) electrons. The molecule has 1 saturated carbocycles. The van der Waals surface area contributed by atoms with Crippen LogP contribution in [-0.4, -0.2) is 47.0 Å². The van der Waals surface area contributed by atoms with Gasteiger partial charge in [0.2, 0.25) is 0 Å². The molecule has 6 rings (SSSR count). The molecule has 1 aromatic carbocycles. The van der Waals surface area contributed by atoms with E-state index in [2.05, 4.69) is 20.4 Å². The molecule has 0 bridgehead atoms. The molecule has 4 aromatic heterocycles. The molecule has 1 fully saturated rings. The van der Waals surface area contributed by atoms with Gasteiger partial charge in [-0.25, -0.2) is 23.7 Å². The minimum atomic E-state index is -0.685. The van der Waals surface area contributed by atoms with Gasteiger partial charge < -0.3 is 20.6 Å². The van der Waals surface area contributed by atoms with E-state index in [4.69, 9.17) is 15.7 Å². The zero-order valence-electron chi connectivity index (χ0n) is 20.8. The maximum absolute atomic E-state index is 14.3. The molecule has 1 atom stereocenters. The van der Waals surface area contributed by atoms with Crippen molar-refractivity contribution in [3.63, 3.8) is 0 Å². The van der Waals surface area contributed by atoms with Crippen molar-refractivity contribution in [3.8, 4) is 11.4 Å². The Kier molecular flexibility index (Phi) is 5.66. The summed E-state index contributed by atoms with van der Waals surface area (Å²) in [7, 11) is 3.54. The average molecular weight is 518 g/mol. The highest BCUT2D eigenvalue weighted by Crippen LogP contribution is 2.33. The first-order valence-corrected chi connectivity index (χ1v) is 12.2. The van der Waals surface area contributed by atoms with Crippen LogP contribution in [0.4, 0.5) is 20.4 Å². The predicted molar refractivity (Wildman–Crippen MR) is 140 cm³/mol. The van der Waals surface area contributed by atoms with Gasteiger partial charge in [-0.05, 0) is 31.4 Å². The number of carbonyl (C=O) groups excluding carboxylic acids is 1. The first-order chi connectivity index (χ1) is 18.3. The number of nitrogen functional groups attached to an aromatic ring is 1. The lowest BCUT2D eigenvalue weighted by Crippen LogP contribution is -2.38. The molecule has 0 spiro atoms. The standard InChI is InChI=1S/C26H25F2N9O/c1-36-7-6-16-23(32-14-4-3-5-15(10-14)33-26(38)19-12-31-37(2)22(19)29)34-24(35-25(16)36)18-11-30-21-17(18)8-13(27)9-20(21)28/h6-9,11-12,15,30H,3-5,10,29H2,1-2H3,(H,33,38)/t15-/m0/s1. The highest BCUT2D eigenvalue weighted by atomic mass is 19.1. The number of aliphatic imine (C=N–C) groups is 1. The number of H-pyrrole nitrogens is 1. The third-order valence-electron chi connectivity index (χ3n) is 6.98. The number of hydrogen-bond acceptors (Lipinski definition) is 6. The van der Waals surface area contributed by atoms with E-state index in [1.54, 1.807) is 13.2 Å². The van der Waals surface area contributed by atoms with Gasteiger partial charge in [0.1, 0.15) is 28.7 Å². The maximum atomic E-state index is 14.3. The van der Waals surface area contributed by atoms with Crippen LogP contribution in [0.15, 0.2) is 41.8 Å². The van der Waals surface area contributed by atoms with E-state index in [1.165, 1.54) is 16.9 Å². The fraction of sp³-hybridized carbons (Fsp3) is 0.269. The van der Waals surface area contributed by atoms with Crippen LogP contribution in [0.25, 0.3) is 33.3 Å². The summed E-state index contributed by atoms with van der Waals surface area (Å²) in [6, 6.07) is 3.88. The highest BCUT2D eigenvalue weighted by molar-refractivity contribution is 6.00. The number of nitrogens with zero attached hydrogens (tertiary/aromatic N) is 6. The lowest BCUT2D eigenvalue weighted by molar-refractivity contribution is 0.0935. The number of anilines is 1. The Labute approximate surface area is 215 Å². The van der Waals surface area contributed by atoms with E-state index < -0.39 is 11.6 Å². The number of aromatic amines is 1. The number of aryl methyl sites for hydroxylation is 2. The molecule has 12 heteroatoms. The van der Waals surface area contributed by atoms with Gasteiger partial charge in [-0.3, -0.25) is 9.48 Å². The number of benzene rings is 1. The lowest BCUT2D eigenvalue weighted by atomic mass is 9.93. The maximum Gasteiger partial charge on any atom is 0.256 e. The second-order valence-electron chi connectivity index (χ2n) is 9.56. The van der Waals surface area contributed by atoms with Gasteiger partial charge >= 0.3 is 0 Å². The number of nitrogens with two attached hydrogens (primary N) is 1. The van der Waals surface area contributed by atoms with E-state index in [1.807, 2.05) is 23.9 Å². The van der Waals surface area contributed by atoms with Crippen LogP contribution >= 0.6 is 0 Å². The van der Waals surface area contributed by atoms with Gasteiger partial charge in [0, 0.05) is 61.7 Å². The second kappa shape index (κ2) is 9.05. The Bertz CT molecular complexity index is 1750. The summed E-state index contributed by atoms with van der Waals surface area (Å²) >= 11 is 0. The number of rotatable bonds is 4. The zero-order valence-corrected chi connectivity index (χ0v) is 20.8. The molecule has 1 aliphatic rings. The smallest absolute Gasteiger partial charge is 0.256 e.